The highest BCUT2D eigenvalue weighted by Crippen LogP contribution is 2.33. The number of nitrogens with zero attached hydrogens (tertiary/aromatic N) is 2. The Morgan fingerprint density at radius 2 is 1.51 bits per heavy atom. The van der Waals surface area contributed by atoms with Gasteiger partial charge in [-0.15, -0.1) is 0 Å². The lowest BCUT2D eigenvalue weighted by Gasteiger charge is -2.35. The summed E-state index contributed by atoms with van der Waals surface area (Å²) >= 11 is 0. The van der Waals surface area contributed by atoms with Gasteiger partial charge in [-0.2, -0.15) is 0 Å². The smallest absolute Gasteiger partial charge is 0.264 e. The van der Waals surface area contributed by atoms with Crippen molar-refractivity contribution in [1.82, 2.24) is 10.2 Å². The van der Waals surface area contributed by atoms with Gasteiger partial charge in [-0.1, -0.05) is 91.6 Å². The molecule has 0 saturated heterocycles. The number of aryl methyl sites for hydroxylation is 1. The molecule has 0 aliphatic heterocycles. The summed E-state index contributed by atoms with van der Waals surface area (Å²) in [7, 11) is -4.29. The van der Waals surface area contributed by atoms with E-state index in [4.69, 9.17) is 4.74 Å². The Morgan fingerprint density at radius 3 is 2.18 bits per heavy atom. The molecule has 1 fully saturated rings. The molecule has 1 aliphatic carbocycles. The van der Waals surface area contributed by atoms with Crippen molar-refractivity contribution in [3.05, 3.63) is 126 Å². The molecular formula is C39H44FN3O5S. The quantitative estimate of drug-likeness (QED) is 0.157. The summed E-state index contributed by atoms with van der Waals surface area (Å²) < 4.78 is 49.6. The third-order valence-corrected chi connectivity index (χ3v) is 10.6. The maximum atomic E-state index is 14.8. The van der Waals surface area contributed by atoms with Gasteiger partial charge in [0.25, 0.3) is 10.0 Å². The molecule has 5 rings (SSSR count). The van der Waals surface area contributed by atoms with Gasteiger partial charge in [-0.05, 0) is 74.2 Å². The van der Waals surface area contributed by atoms with Gasteiger partial charge in [0.2, 0.25) is 11.8 Å². The molecule has 10 heteroatoms. The second-order valence-corrected chi connectivity index (χ2v) is 14.3. The lowest BCUT2D eigenvalue weighted by Crippen LogP contribution is -2.55. The fourth-order valence-electron chi connectivity index (χ4n) is 6.18. The number of benzene rings is 4. The topological polar surface area (TPSA) is 96.0 Å². The fraction of sp³-hybridized carbons (Fsp3) is 0.333. The van der Waals surface area contributed by atoms with Crippen LogP contribution in [0.15, 0.2) is 108 Å². The Labute approximate surface area is 289 Å². The number of nitrogens with one attached hydrogen (secondary N) is 1. The highest BCUT2D eigenvalue weighted by atomic mass is 32.2. The standard InChI is InChI=1S/C39H44FN3O5S/c1-3-48-37-17-11-10-16-35(37)43(49(46,47)34-24-18-29(2)19-25-34)28-38(44)42(27-31-20-22-32(40)23-21-31)36(26-30-12-6-4-7-13-30)39(45)41-33-14-8-5-9-15-33/h4,6-7,10-13,16-25,33,36H,3,5,8-9,14-15,26-28H2,1-2H3,(H,41,45). The maximum absolute atomic E-state index is 14.8. The number of halogens is 1. The molecule has 1 saturated carbocycles. The van der Waals surface area contributed by atoms with Crippen molar-refractivity contribution >= 4 is 27.5 Å². The highest BCUT2D eigenvalue weighted by molar-refractivity contribution is 7.92. The molecule has 8 nitrogen and oxygen atoms in total. The van der Waals surface area contributed by atoms with E-state index in [0.29, 0.717) is 11.3 Å². The minimum absolute atomic E-state index is 0.0122. The molecule has 4 aromatic rings. The maximum Gasteiger partial charge on any atom is 0.264 e. The number of amides is 2. The van der Waals surface area contributed by atoms with Gasteiger partial charge in [0.1, 0.15) is 24.2 Å². The van der Waals surface area contributed by atoms with E-state index in [1.165, 1.54) is 29.2 Å². The molecule has 258 valence electrons. The number of anilines is 1. The predicted molar refractivity (Wildman–Crippen MR) is 189 cm³/mol. The minimum Gasteiger partial charge on any atom is -0.492 e. The van der Waals surface area contributed by atoms with Crippen molar-refractivity contribution in [1.29, 1.82) is 0 Å². The van der Waals surface area contributed by atoms with Crippen LogP contribution in [-0.4, -0.2) is 50.4 Å². The van der Waals surface area contributed by atoms with Crippen LogP contribution < -0.4 is 14.4 Å². The number of sulfonamides is 1. The molecule has 49 heavy (non-hydrogen) atoms. The summed E-state index contributed by atoms with van der Waals surface area (Å²) in [4.78, 5) is 30.4. The summed E-state index contributed by atoms with van der Waals surface area (Å²) in [5.41, 5.74) is 2.52. The number of carbonyl (C=O) groups is 2. The molecule has 4 aromatic carbocycles. The summed E-state index contributed by atoms with van der Waals surface area (Å²) in [5.74, 6) is -1.03. The predicted octanol–water partition coefficient (Wildman–Crippen LogP) is 6.82. The van der Waals surface area contributed by atoms with E-state index in [9.17, 15) is 22.4 Å². The van der Waals surface area contributed by atoms with E-state index < -0.39 is 34.3 Å². The Bertz CT molecular complexity index is 1790. The Kier molecular flexibility index (Phi) is 12.1. The molecule has 1 atom stereocenters. The second kappa shape index (κ2) is 16.6. The van der Waals surface area contributed by atoms with Gasteiger partial charge in [0.15, 0.2) is 0 Å². The summed E-state index contributed by atoms with van der Waals surface area (Å²) in [6, 6.07) is 27.3. The number of hydrogen-bond donors (Lipinski definition) is 1. The average Bonchev–Trinajstić information content (AvgIpc) is 3.11. The molecule has 0 aromatic heterocycles. The van der Waals surface area contributed by atoms with Crippen LogP contribution in [0.4, 0.5) is 10.1 Å². The first-order chi connectivity index (χ1) is 23.7. The summed E-state index contributed by atoms with van der Waals surface area (Å²) in [6.45, 7) is 3.29. The molecule has 0 heterocycles. The van der Waals surface area contributed by atoms with Crippen molar-refractivity contribution in [3.8, 4) is 5.75 Å². The Balaban J connectivity index is 1.59. The Hall–Kier alpha value is -4.70. The van der Waals surface area contributed by atoms with E-state index >= 15 is 0 Å². The van der Waals surface area contributed by atoms with Crippen LogP contribution >= 0.6 is 0 Å². The van der Waals surface area contributed by atoms with E-state index in [1.807, 2.05) is 37.3 Å². The van der Waals surface area contributed by atoms with Gasteiger partial charge >= 0.3 is 0 Å². The van der Waals surface area contributed by atoms with Crippen LogP contribution in [0.25, 0.3) is 0 Å². The van der Waals surface area contributed by atoms with Crippen LogP contribution in [0.2, 0.25) is 0 Å². The van der Waals surface area contributed by atoms with Gasteiger partial charge in [-0.3, -0.25) is 13.9 Å². The first kappa shape index (κ1) is 35.6. The average molecular weight is 686 g/mol. The van der Waals surface area contributed by atoms with Gasteiger partial charge in [0, 0.05) is 19.0 Å². The zero-order valence-corrected chi connectivity index (χ0v) is 28.9. The molecule has 1 N–H and O–H groups in total. The first-order valence-electron chi connectivity index (χ1n) is 16.8. The molecule has 0 spiro atoms. The first-order valence-corrected chi connectivity index (χ1v) is 18.3. The molecule has 1 aliphatic rings. The van der Waals surface area contributed by atoms with Crippen LogP contribution in [-0.2, 0) is 32.6 Å². The zero-order valence-electron chi connectivity index (χ0n) is 28.1. The van der Waals surface area contributed by atoms with Crippen LogP contribution in [0, 0.1) is 12.7 Å². The molecular weight excluding hydrogens is 642 g/mol. The van der Waals surface area contributed by atoms with Gasteiger partial charge < -0.3 is 15.0 Å². The van der Waals surface area contributed by atoms with E-state index in [-0.39, 0.29) is 42.1 Å². The van der Waals surface area contributed by atoms with Crippen molar-refractivity contribution in [2.75, 3.05) is 17.5 Å². The lowest BCUT2D eigenvalue weighted by molar-refractivity contribution is -0.140. The number of carbonyl (C=O) groups excluding carboxylic acids is 2. The van der Waals surface area contributed by atoms with E-state index in [0.717, 1.165) is 47.5 Å². The van der Waals surface area contributed by atoms with Crippen LogP contribution in [0.5, 0.6) is 5.75 Å². The second-order valence-electron chi connectivity index (χ2n) is 12.4. The molecule has 1 unspecified atom stereocenters. The zero-order chi connectivity index (χ0) is 34.8. The lowest BCUT2D eigenvalue weighted by atomic mass is 9.94. The fourth-order valence-corrected chi connectivity index (χ4v) is 7.60. The largest absolute Gasteiger partial charge is 0.492 e. The molecule has 2 amide bonds. The van der Waals surface area contributed by atoms with Crippen LogP contribution in [0.3, 0.4) is 0 Å². The van der Waals surface area contributed by atoms with Crippen molar-refractivity contribution in [3.63, 3.8) is 0 Å². The SMILES string of the molecule is CCOc1ccccc1N(CC(=O)N(Cc1ccc(F)cc1)C(Cc1ccccc1)C(=O)NC1CCCCC1)S(=O)(=O)c1ccc(C)cc1. The van der Waals surface area contributed by atoms with E-state index in [2.05, 4.69) is 5.32 Å². The normalized spacial score (nSPS) is 14.1. The molecule has 0 bridgehead atoms. The third-order valence-electron chi connectivity index (χ3n) is 8.81. The highest BCUT2D eigenvalue weighted by Gasteiger charge is 2.36. The van der Waals surface area contributed by atoms with Crippen molar-refractivity contribution in [2.45, 2.75) is 75.9 Å². The summed E-state index contributed by atoms with van der Waals surface area (Å²) in [6.07, 6.45) is 5.05. The monoisotopic (exact) mass is 685 g/mol. The number of hydrogen-bond acceptors (Lipinski definition) is 5. The van der Waals surface area contributed by atoms with Crippen LogP contribution in [0.1, 0.15) is 55.7 Å². The van der Waals surface area contributed by atoms with Crippen molar-refractivity contribution < 1.29 is 27.1 Å². The summed E-state index contributed by atoms with van der Waals surface area (Å²) in [5, 5.41) is 3.20. The van der Waals surface area contributed by atoms with Gasteiger partial charge in [-0.25, -0.2) is 12.8 Å². The van der Waals surface area contributed by atoms with Gasteiger partial charge in [0.05, 0.1) is 17.2 Å². The Morgan fingerprint density at radius 1 is 0.857 bits per heavy atom. The number of ether oxygens (including phenoxy) is 1. The van der Waals surface area contributed by atoms with E-state index in [1.54, 1.807) is 55.5 Å². The third kappa shape index (κ3) is 9.26. The minimum atomic E-state index is -4.29. The number of para-hydroxylation sites is 2. The van der Waals surface area contributed by atoms with Crippen molar-refractivity contribution in [2.24, 2.45) is 0 Å². The molecule has 0 radical (unpaired) electrons. The number of rotatable bonds is 14.